The van der Waals surface area contributed by atoms with E-state index in [2.05, 4.69) is 27.5 Å². The second-order valence-corrected chi connectivity index (χ2v) is 6.49. The summed E-state index contributed by atoms with van der Waals surface area (Å²) < 4.78 is 37.7. The average Bonchev–Trinajstić information content (AvgIpc) is 2.63. The van der Waals surface area contributed by atoms with Crippen molar-refractivity contribution in [2.75, 3.05) is 48.8 Å². The third kappa shape index (κ3) is 5.13. The Balaban J connectivity index is 1.55. The molecule has 0 spiro atoms. The van der Waals surface area contributed by atoms with Gasteiger partial charge < -0.3 is 20.4 Å². The minimum absolute atomic E-state index is 0.287. The topological polar surface area (TPSA) is 47.6 Å². The maximum absolute atomic E-state index is 12.6. The second kappa shape index (κ2) is 7.87. The molecule has 0 saturated carbocycles. The number of likely N-dealkylation sites (N-methyl/N-ethyl adjacent to an activating group) is 1. The van der Waals surface area contributed by atoms with E-state index >= 15 is 0 Å². The number of carbonyl (C=O) groups is 1. The van der Waals surface area contributed by atoms with E-state index in [9.17, 15) is 18.0 Å². The van der Waals surface area contributed by atoms with Gasteiger partial charge >= 0.3 is 12.2 Å². The molecular weight excluding hydrogens is 357 g/mol. The van der Waals surface area contributed by atoms with E-state index in [1.54, 1.807) is 12.1 Å². The van der Waals surface area contributed by atoms with Gasteiger partial charge in [0.2, 0.25) is 0 Å². The molecule has 3 rings (SSSR count). The molecule has 2 aromatic rings. The zero-order chi connectivity index (χ0) is 19.4. The first-order valence-corrected chi connectivity index (χ1v) is 8.60. The molecule has 1 saturated heterocycles. The number of urea groups is 1. The summed E-state index contributed by atoms with van der Waals surface area (Å²) in [6, 6.07) is 11.3. The van der Waals surface area contributed by atoms with E-state index in [4.69, 9.17) is 0 Å². The van der Waals surface area contributed by atoms with Crippen LogP contribution >= 0.6 is 0 Å². The number of nitrogens with zero attached hydrogens (tertiary/aromatic N) is 2. The summed E-state index contributed by atoms with van der Waals surface area (Å²) in [6.07, 6.45) is -4.40. The van der Waals surface area contributed by atoms with Gasteiger partial charge in [-0.25, -0.2) is 4.79 Å². The number of benzene rings is 2. The van der Waals surface area contributed by atoms with Crippen molar-refractivity contribution in [3.63, 3.8) is 0 Å². The van der Waals surface area contributed by atoms with Gasteiger partial charge in [-0.2, -0.15) is 13.2 Å². The Bertz CT molecular complexity index is 767. The standard InChI is InChI=1S/C19H21F3N4O/c1-25-10-12-26(13-11-25)17-8-6-16(7-9-17)24-18(27)23-15-4-2-14(3-5-15)19(20,21)22/h2-9H,10-13H2,1H3,(H2,23,24,27). The molecule has 0 aromatic heterocycles. The first-order chi connectivity index (χ1) is 12.8. The molecule has 0 radical (unpaired) electrons. The molecular formula is C19H21F3N4O. The third-order valence-electron chi connectivity index (χ3n) is 4.46. The molecule has 1 heterocycles. The second-order valence-electron chi connectivity index (χ2n) is 6.49. The molecule has 8 heteroatoms. The highest BCUT2D eigenvalue weighted by Crippen LogP contribution is 2.29. The quantitative estimate of drug-likeness (QED) is 0.845. The van der Waals surface area contributed by atoms with Crippen molar-refractivity contribution >= 4 is 23.1 Å². The smallest absolute Gasteiger partial charge is 0.369 e. The highest BCUT2D eigenvalue weighted by Gasteiger charge is 2.30. The maximum atomic E-state index is 12.6. The Labute approximate surface area is 155 Å². The van der Waals surface area contributed by atoms with Crippen LogP contribution in [0.2, 0.25) is 0 Å². The molecule has 0 atom stereocenters. The average molecular weight is 378 g/mol. The fraction of sp³-hybridized carbons (Fsp3) is 0.316. The van der Waals surface area contributed by atoms with Gasteiger partial charge in [0, 0.05) is 43.2 Å². The molecule has 2 amide bonds. The lowest BCUT2D eigenvalue weighted by atomic mass is 10.2. The number of rotatable bonds is 3. The molecule has 1 fully saturated rings. The number of nitrogens with one attached hydrogen (secondary N) is 2. The largest absolute Gasteiger partial charge is 0.416 e. The Morgan fingerprint density at radius 2 is 1.33 bits per heavy atom. The maximum Gasteiger partial charge on any atom is 0.416 e. The van der Waals surface area contributed by atoms with Crippen molar-refractivity contribution in [2.45, 2.75) is 6.18 Å². The molecule has 2 N–H and O–H groups in total. The van der Waals surface area contributed by atoms with Crippen LogP contribution in [0.4, 0.5) is 35.0 Å². The fourth-order valence-electron chi connectivity index (χ4n) is 2.86. The van der Waals surface area contributed by atoms with Crippen LogP contribution in [0, 0.1) is 0 Å². The van der Waals surface area contributed by atoms with Gasteiger partial charge in [0.15, 0.2) is 0 Å². The highest BCUT2D eigenvalue weighted by atomic mass is 19.4. The molecule has 1 aliphatic rings. The first-order valence-electron chi connectivity index (χ1n) is 8.60. The van der Waals surface area contributed by atoms with Crippen LogP contribution in [0.5, 0.6) is 0 Å². The summed E-state index contributed by atoms with van der Waals surface area (Å²) in [5.74, 6) is 0. The van der Waals surface area contributed by atoms with Gasteiger partial charge in [0.25, 0.3) is 0 Å². The zero-order valence-electron chi connectivity index (χ0n) is 14.9. The molecule has 144 valence electrons. The summed E-state index contributed by atoms with van der Waals surface area (Å²) in [7, 11) is 2.10. The number of carbonyl (C=O) groups excluding carboxylic acids is 1. The van der Waals surface area contributed by atoms with Crippen molar-refractivity contribution in [1.29, 1.82) is 0 Å². The summed E-state index contributed by atoms with van der Waals surface area (Å²) in [5.41, 5.74) is 1.23. The van der Waals surface area contributed by atoms with Crippen LogP contribution in [0.1, 0.15) is 5.56 Å². The normalized spacial score (nSPS) is 15.5. The van der Waals surface area contributed by atoms with Gasteiger partial charge in [-0.1, -0.05) is 0 Å². The summed E-state index contributed by atoms with van der Waals surface area (Å²) >= 11 is 0. The number of hydrogen-bond acceptors (Lipinski definition) is 3. The Morgan fingerprint density at radius 3 is 1.81 bits per heavy atom. The van der Waals surface area contributed by atoms with Crippen molar-refractivity contribution in [2.24, 2.45) is 0 Å². The molecule has 5 nitrogen and oxygen atoms in total. The molecule has 27 heavy (non-hydrogen) atoms. The molecule has 0 unspecified atom stereocenters. The predicted octanol–water partition coefficient (Wildman–Crippen LogP) is 4.10. The van der Waals surface area contributed by atoms with Crippen LogP contribution in [-0.2, 0) is 6.18 Å². The number of anilines is 3. The molecule has 0 aliphatic carbocycles. The Morgan fingerprint density at radius 1 is 0.852 bits per heavy atom. The lowest BCUT2D eigenvalue weighted by molar-refractivity contribution is -0.137. The lowest BCUT2D eigenvalue weighted by Gasteiger charge is -2.34. The van der Waals surface area contributed by atoms with E-state index in [0.717, 1.165) is 44.0 Å². The lowest BCUT2D eigenvalue weighted by Crippen LogP contribution is -2.44. The number of halogens is 3. The van der Waals surface area contributed by atoms with Crippen molar-refractivity contribution in [1.82, 2.24) is 4.90 Å². The zero-order valence-corrected chi connectivity index (χ0v) is 14.9. The third-order valence-corrected chi connectivity index (χ3v) is 4.46. The van der Waals surface area contributed by atoms with Gasteiger partial charge in [-0.3, -0.25) is 0 Å². The van der Waals surface area contributed by atoms with E-state index in [-0.39, 0.29) is 5.69 Å². The number of piperazine rings is 1. The molecule has 1 aliphatic heterocycles. The minimum atomic E-state index is -4.40. The SMILES string of the molecule is CN1CCN(c2ccc(NC(=O)Nc3ccc(C(F)(F)F)cc3)cc2)CC1. The monoisotopic (exact) mass is 378 g/mol. The molecule has 0 bridgehead atoms. The van der Waals surface area contributed by atoms with Crippen LogP contribution in [0.25, 0.3) is 0 Å². The minimum Gasteiger partial charge on any atom is -0.369 e. The number of alkyl halides is 3. The van der Waals surface area contributed by atoms with Crippen molar-refractivity contribution in [3.05, 3.63) is 54.1 Å². The van der Waals surface area contributed by atoms with Gasteiger partial charge in [0.05, 0.1) is 5.56 Å². The Hall–Kier alpha value is -2.74. The summed E-state index contributed by atoms with van der Waals surface area (Å²) in [4.78, 5) is 16.6. The van der Waals surface area contributed by atoms with E-state index < -0.39 is 17.8 Å². The van der Waals surface area contributed by atoms with Crippen LogP contribution in [0.3, 0.4) is 0 Å². The van der Waals surface area contributed by atoms with E-state index in [0.29, 0.717) is 5.69 Å². The van der Waals surface area contributed by atoms with E-state index in [1.807, 2.05) is 12.1 Å². The van der Waals surface area contributed by atoms with Crippen LogP contribution in [-0.4, -0.2) is 44.2 Å². The van der Waals surface area contributed by atoms with Crippen LogP contribution < -0.4 is 15.5 Å². The number of hydrogen-bond donors (Lipinski definition) is 2. The number of amides is 2. The van der Waals surface area contributed by atoms with Gasteiger partial charge in [-0.05, 0) is 55.6 Å². The van der Waals surface area contributed by atoms with Crippen molar-refractivity contribution < 1.29 is 18.0 Å². The van der Waals surface area contributed by atoms with Crippen molar-refractivity contribution in [3.8, 4) is 0 Å². The first kappa shape index (κ1) is 19.0. The van der Waals surface area contributed by atoms with E-state index in [1.165, 1.54) is 12.1 Å². The fourth-order valence-corrected chi connectivity index (χ4v) is 2.86. The Kier molecular flexibility index (Phi) is 5.55. The highest BCUT2D eigenvalue weighted by molar-refractivity contribution is 5.99. The summed E-state index contributed by atoms with van der Waals surface area (Å²) in [5, 5.41) is 5.19. The summed E-state index contributed by atoms with van der Waals surface area (Å²) in [6.45, 7) is 3.93. The van der Waals surface area contributed by atoms with Gasteiger partial charge in [-0.15, -0.1) is 0 Å². The van der Waals surface area contributed by atoms with Gasteiger partial charge in [0.1, 0.15) is 0 Å². The van der Waals surface area contributed by atoms with Crippen LogP contribution in [0.15, 0.2) is 48.5 Å². The predicted molar refractivity (Wildman–Crippen MR) is 100 cm³/mol. The molecule has 2 aromatic carbocycles.